The normalized spacial score (nSPS) is 29.9. The highest BCUT2D eigenvalue weighted by atomic mass is 16.5. The summed E-state index contributed by atoms with van der Waals surface area (Å²) < 4.78 is 21.1. The lowest BCUT2D eigenvalue weighted by Gasteiger charge is -2.63. The predicted octanol–water partition coefficient (Wildman–Crippen LogP) is 5.15. The second-order valence-corrected chi connectivity index (χ2v) is 12.8. The summed E-state index contributed by atoms with van der Waals surface area (Å²) in [6, 6.07) is 17.5. The largest absolute Gasteiger partial charge is 0.493 e. The number of piperidine rings is 1. The van der Waals surface area contributed by atoms with E-state index >= 15 is 0 Å². The highest BCUT2D eigenvalue weighted by Crippen LogP contribution is 2.69. The van der Waals surface area contributed by atoms with Crippen LogP contribution in [0.4, 0.5) is 0 Å². The standard InChI is InChI=1S/C34H36N2O4/c1-38-16-15-36-29-23-6-4-3-5-21(23)9-11-24(29)25-18-34(37)27-17-22-10-12-26(39-2)31-28(22)33(34,32(40-31)30(25)36)13-14-35(27)19-20-7-8-20/h3-6,9-12,20,27,32,37H,7-8,13-19H2,1-2H3/t27-,32?,33+,34?/m1/s1. The summed E-state index contributed by atoms with van der Waals surface area (Å²) in [6.45, 7) is 3.45. The van der Waals surface area contributed by atoms with Crippen molar-refractivity contribution < 1.29 is 19.3 Å². The highest BCUT2D eigenvalue weighted by Gasteiger charge is 2.73. The van der Waals surface area contributed by atoms with E-state index < -0.39 is 11.0 Å². The van der Waals surface area contributed by atoms with E-state index in [1.807, 2.05) is 0 Å². The molecule has 2 aliphatic heterocycles. The Morgan fingerprint density at radius 3 is 2.75 bits per heavy atom. The summed E-state index contributed by atoms with van der Waals surface area (Å²) in [5.41, 5.74) is 4.80. The number of likely N-dealkylation sites (tertiary alicyclic amines) is 1. The van der Waals surface area contributed by atoms with Crippen molar-refractivity contribution in [1.29, 1.82) is 0 Å². The van der Waals surface area contributed by atoms with Crippen molar-refractivity contribution in [3.8, 4) is 11.5 Å². The van der Waals surface area contributed by atoms with Crippen molar-refractivity contribution >= 4 is 21.7 Å². The maximum absolute atomic E-state index is 13.3. The van der Waals surface area contributed by atoms with Gasteiger partial charge in [0, 0.05) is 49.0 Å². The van der Waals surface area contributed by atoms with Gasteiger partial charge in [0.05, 0.1) is 35.9 Å². The first kappa shape index (κ1) is 23.6. The minimum Gasteiger partial charge on any atom is -0.493 e. The number of aromatic nitrogens is 1. The fourth-order valence-corrected chi connectivity index (χ4v) is 9.18. The summed E-state index contributed by atoms with van der Waals surface area (Å²) in [5.74, 6) is 2.40. The van der Waals surface area contributed by atoms with Crippen LogP contribution < -0.4 is 9.47 Å². The Balaban J connectivity index is 1.36. The Labute approximate surface area is 234 Å². The summed E-state index contributed by atoms with van der Waals surface area (Å²) in [5, 5.41) is 17.0. The maximum atomic E-state index is 13.3. The number of methoxy groups -OCH3 is 2. The lowest BCUT2D eigenvalue weighted by Crippen LogP contribution is -2.74. The van der Waals surface area contributed by atoms with Gasteiger partial charge < -0.3 is 23.9 Å². The minimum atomic E-state index is -0.922. The van der Waals surface area contributed by atoms with Gasteiger partial charge in [-0.05, 0) is 60.7 Å². The summed E-state index contributed by atoms with van der Waals surface area (Å²) in [6.07, 6.45) is 4.74. The molecule has 6 heteroatoms. The number of aliphatic hydroxyl groups is 1. The number of hydrogen-bond acceptors (Lipinski definition) is 5. The molecular formula is C34H36N2O4. The fourth-order valence-electron chi connectivity index (χ4n) is 9.18. The molecule has 40 heavy (non-hydrogen) atoms. The number of rotatable bonds is 6. The molecule has 0 amide bonds. The van der Waals surface area contributed by atoms with Crippen molar-refractivity contribution in [1.82, 2.24) is 9.47 Å². The molecule has 2 bridgehead atoms. The molecule has 3 aromatic carbocycles. The first-order chi connectivity index (χ1) is 19.6. The molecule has 206 valence electrons. The Bertz CT molecular complexity index is 1710. The Kier molecular flexibility index (Phi) is 4.74. The molecule has 6 nitrogen and oxygen atoms in total. The van der Waals surface area contributed by atoms with Crippen LogP contribution in [0.15, 0.2) is 48.5 Å². The quantitative estimate of drug-likeness (QED) is 0.370. The molecule has 5 aliphatic rings. The van der Waals surface area contributed by atoms with E-state index in [0.29, 0.717) is 13.0 Å². The molecule has 2 unspecified atom stereocenters. The third kappa shape index (κ3) is 2.75. The molecule has 3 heterocycles. The van der Waals surface area contributed by atoms with Crippen LogP contribution in [0, 0.1) is 5.92 Å². The molecule has 4 aromatic rings. The van der Waals surface area contributed by atoms with Crippen LogP contribution in [0.25, 0.3) is 21.7 Å². The topological polar surface area (TPSA) is 56.1 Å². The van der Waals surface area contributed by atoms with E-state index in [4.69, 9.17) is 14.2 Å². The first-order valence-electron chi connectivity index (χ1n) is 14.9. The van der Waals surface area contributed by atoms with Gasteiger partial charge in [0.1, 0.15) is 0 Å². The van der Waals surface area contributed by atoms with Crippen molar-refractivity contribution in [2.24, 2.45) is 5.92 Å². The van der Waals surface area contributed by atoms with Gasteiger partial charge in [0.25, 0.3) is 0 Å². The van der Waals surface area contributed by atoms with Gasteiger partial charge in [0.2, 0.25) is 0 Å². The predicted molar refractivity (Wildman–Crippen MR) is 154 cm³/mol. The van der Waals surface area contributed by atoms with E-state index in [9.17, 15) is 5.11 Å². The van der Waals surface area contributed by atoms with E-state index in [1.165, 1.54) is 56.9 Å². The Morgan fingerprint density at radius 1 is 1.05 bits per heavy atom. The van der Waals surface area contributed by atoms with Gasteiger partial charge in [0.15, 0.2) is 17.6 Å². The van der Waals surface area contributed by atoms with Crippen molar-refractivity contribution in [3.63, 3.8) is 0 Å². The molecule has 1 spiro atoms. The van der Waals surface area contributed by atoms with Gasteiger partial charge in [-0.15, -0.1) is 0 Å². The smallest absolute Gasteiger partial charge is 0.166 e. The molecule has 3 aliphatic carbocycles. The van der Waals surface area contributed by atoms with Crippen LogP contribution in [0.3, 0.4) is 0 Å². The molecule has 2 fully saturated rings. The first-order valence-corrected chi connectivity index (χ1v) is 14.9. The van der Waals surface area contributed by atoms with Crippen molar-refractivity contribution in [2.45, 2.75) is 61.8 Å². The average molecular weight is 537 g/mol. The monoisotopic (exact) mass is 536 g/mol. The summed E-state index contributed by atoms with van der Waals surface area (Å²) >= 11 is 0. The van der Waals surface area contributed by atoms with Crippen LogP contribution in [0.5, 0.6) is 11.5 Å². The lowest BCUT2D eigenvalue weighted by atomic mass is 9.49. The zero-order chi connectivity index (χ0) is 26.8. The van der Waals surface area contributed by atoms with E-state index in [1.54, 1.807) is 14.2 Å². The number of ether oxygens (including phenoxy) is 3. The minimum absolute atomic E-state index is 0.0748. The summed E-state index contributed by atoms with van der Waals surface area (Å²) in [7, 11) is 3.50. The molecule has 1 saturated carbocycles. The van der Waals surface area contributed by atoms with Gasteiger partial charge in [-0.3, -0.25) is 4.90 Å². The van der Waals surface area contributed by atoms with E-state index in [-0.39, 0.29) is 12.1 Å². The van der Waals surface area contributed by atoms with Gasteiger partial charge in [-0.25, -0.2) is 0 Å². The molecule has 9 rings (SSSR count). The molecule has 1 N–H and O–H groups in total. The zero-order valence-corrected chi connectivity index (χ0v) is 23.3. The highest BCUT2D eigenvalue weighted by molar-refractivity contribution is 6.08. The molecule has 0 radical (unpaired) electrons. The second kappa shape index (κ2) is 8.03. The van der Waals surface area contributed by atoms with E-state index in [2.05, 4.69) is 58.0 Å². The molecule has 4 atom stereocenters. The summed E-state index contributed by atoms with van der Waals surface area (Å²) in [4.78, 5) is 2.63. The molecular weight excluding hydrogens is 500 g/mol. The van der Waals surface area contributed by atoms with Gasteiger partial charge in [-0.2, -0.15) is 0 Å². The molecule has 1 aromatic heterocycles. The SMILES string of the molecule is COCCn1c2c(c3ccc4ccccc4c31)CC1(O)[C@H]3Cc4ccc(OC)c5c4[C@@]1(CCN3CC1CC1)C2O5. The third-order valence-electron chi connectivity index (χ3n) is 11.0. The van der Waals surface area contributed by atoms with Crippen LogP contribution in [0.2, 0.25) is 0 Å². The zero-order valence-electron chi connectivity index (χ0n) is 23.3. The van der Waals surface area contributed by atoms with Crippen LogP contribution in [-0.4, -0.2) is 60.1 Å². The Hall–Kier alpha value is -3.06. The van der Waals surface area contributed by atoms with Crippen molar-refractivity contribution in [2.75, 3.05) is 33.9 Å². The number of benzene rings is 3. The van der Waals surface area contributed by atoms with Crippen LogP contribution in [0.1, 0.15) is 47.8 Å². The average Bonchev–Trinajstić information content (AvgIpc) is 3.64. The number of nitrogens with zero attached hydrogens (tertiary/aromatic N) is 2. The van der Waals surface area contributed by atoms with E-state index in [0.717, 1.165) is 49.9 Å². The third-order valence-corrected chi connectivity index (χ3v) is 11.0. The Morgan fingerprint density at radius 2 is 1.93 bits per heavy atom. The van der Waals surface area contributed by atoms with Gasteiger partial charge in [-0.1, -0.05) is 42.5 Å². The second-order valence-electron chi connectivity index (χ2n) is 12.8. The maximum Gasteiger partial charge on any atom is 0.166 e. The van der Waals surface area contributed by atoms with Crippen LogP contribution in [-0.2, 0) is 29.5 Å². The number of fused-ring (bicyclic) bond motifs is 6. The van der Waals surface area contributed by atoms with Crippen LogP contribution >= 0.6 is 0 Å². The number of hydrogen-bond donors (Lipinski definition) is 1. The van der Waals surface area contributed by atoms with Gasteiger partial charge >= 0.3 is 0 Å². The molecule has 1 saturated heterocycles. The lowest BCUT2D eigenvalue weighted by molar-refractivity contribution is -0.173. The van der Waals surface area contributed by atoms with Crippen molar-refractivity contribution in [3.05, 3.63) is 70.9 Å². The fraction of sp³-hybridized carbons (Fsp3) is 0.471.